The fraction of sp³-hybridized carbons (Fsp3) is 0.0612. The van der Waals surface area contributed by atoms with Crippen LogP contribution in [0.15, 0.2) is 188 Å². The molecule has 8 aromatic carbocycles. The van der Waals surface area contributed by atoms with E-state index >= 15 is 0 Å². The third-order valence-corrected chi connectivity index (χ3v) is 10.4. The Morgan fingerprint density at radius 1 is 0.380 bits per heavy atom. The summed E-state index contributed by atoms with van der Waals surface area (Å²) in [5.74, 6) is 0. The summed E-state index contributed by atoms with van der Waals surface area (Å²) in [6.07, 6.45) is 0. The molecule has 0 saturated carbocycles. The zero-order valence-electron chi connectivity index (χ0n) is 28.3. The van der Waals surface area contributed by atoms with Gasteiger partial charge in [-0.1, -0.05) is 172 Å². The minimum Gasteiger partial charge on any atom is -0.309 e. The Balaban J connectivity index is 1.32. The lowest BCUT2D eigenvalue weighted by molar-refractivity contribution is 0.661. The van der Waals surface area contributed by atoms with Crippen molar-refractivity contribution in [3.05, 3.63) is 199 Å². The van der Waals surface area contributed by atoms with E-state index in [0.29, 0.717) is 0 Å². The smallest absolute Gasteiger partial charge is 0.0621 e. The Kier molecular flexibility index (Phi) is 7.21. The van der Waals surface area contributed by atoms with Crippen molar-refractivity contribution in [2.24, 2.45) is 0 Å². The Morgan fingerprint density at radius 3 is 1.68 bits per heavy atom. The van der Waals surface area contributed by atoms with E-state index < -0.39 is 0 Å². The zero-order valence-corrected chi connectivity index (χ0v) is 28.3. The van der Waals surface area contributed by atoms with Crippen LogP contribution in [0.1, 0.15) is 25.0 Å². The lowest BCUT2D eigenvalue weighted by Crippen LogP contribution is -2.16. The van der Waals surface area contributed by atoms with Crippen molar-refractivity contribution in [1.29, 1.82) is 0 Å². The van der Waals surface area contributed by atoms with Crippen LogP contribution >= 0.6 is 0 Å². The van der Waals surface area contributed by atoms with E-state index in [4.69, 9.17) is 0 Å². The van der Waals surface area contributed by atoms with E-state index in [1.165, 1.54) is 72.1 Å². The molecule has 0 atom stereocenters. The van der Waals surface area contributed by atoms with Gasteiger partial charge in [0.15, 0.2) is 0 Å². The predicted molar refractivity (Wildman–Crippen MR) is 213 cm³/mol. The van der Waals surface area contributed by atoms with E-state index in [1.807, 2.05) is 0 Å². The lowest BCUT2D eigenvalue weighted by Gasteiger charge is -2.31. The van der Waals surface area contributed by atoms with Crippen LogP contribution in [-0.4, -0.2) is 0 Å². The van der Waals surface area contributed by atoms with Gasteiger partial charge in [-0.05, 0) is 85.8 Å². The Bertz CT molecular complexity index is 2490. The van der Waals surface area contributed by atoms with E-state index in [1.54, 1.807) is 0 Å². The molecular formula is C49H37N. The van der Waals surface area contributed by atoms with Gasteiger partial charge in [0.2, 0.25) is 0 Å². The highest BCUT2D eigenvalue weighted by molar-refractivity contribution is 6.10. The van der Waals surface area contributed by atoms with Crippen molar-refractivity contribution in [2.45, 2.75) is 19.3 Å². The average Bonchev–Trinajstić information content (AvgIpc) is 3.41. The number of anilines is 3. The van der Waals surface area contributed by atoms with Crippen LogP contribution < -0.4 is 4.90 Å². The van der Waals surface area contributed by atoms with Gasteiger partial charge in [0.1, 0.15) is 0 Å². The predicted octanol–water partition coefficient (Wildman–Crippen LogP) is 13.6. The minimum absolute atomic E-state index is 0.135. The van der Waals surface area contributed by atoms with Gasteiger partial charge in [0.25, 0.3) is 0 Å². The lowest BCUT2D eigenvalue weighted by atomic mass is 9.81. The van der Waals surface area contributed by atoms with Crippen molar-refractivity contribution in [2.75, 3.05) is 4.90 Å². The molecule has 0 bridgehead atoms. The van der Waals surface area contributed by atoms with Crippen molar-refractivity contribution in [3.8, 4) is 44.5 Å². The third kappa shape index (κ3) is 4.94. The first kappa shape index (κ1) is 29.9. The van der Waals surface area contributed by atoms with Crippen molar-refractivity contribution in [1.82, 2.24) is 0 Å². The number of rotatable bonds is 6. The molecule has 0 heterocycles. The van der Waals surface area contributed by atoms with Crippen LogP contribution in [0.4, 0.5) is 17.1 Å². The minimum atomic E-state index is -0.135. The molecule has 0 amide bonds. The molecular weight excluding hydrogens is 603 g/mol. The standard InChI is InChI=1S/C49H37N/c1-49(2)45-27-14-13-26-44(45)47-46(49)33-38-20-9-10-25-43(38)48(47)50(39-30-28-35(29-31-39)34-16-5-3-6-17-34)40-22-15-21-37(32-40)42-24-12-11-23-41(42)36-18-7-4-8-19-36/h3-33H,1-2H3. The molecule has 238 valence electrons. The molecule has 0 spiro atoms. The van der Waals surface area contributed by atoms with Gasteiger partial charge in [0, 0.05) is 27.7 Å². The highest BCUT2D eigenvalue weighted by Crippen LogP contribution is 2.56. The number of hydrogen-bond donors (Lipinski definition) is 0. The maximum atomic E-state index is 2.50. The maximum Gasteiger partial charge on any atom is 0.0621 e. The first-order valence-electron chi connectivity index (χ1n) is 17.4. The molecule has 0 radical (unpaired) electrons. The Labute approximate surface area is 294 Å². The van der Waals surface area contributed by atoms with E-state index in [9.17, 15) is 0 Å². The van der Waals surface area contributed by atoms with Crippen molar-refractivity contribution < 1.29 is 0 Å². The summed E-state index contributed by atoms with van der Waals surface area (Å²) in [6.45, 7) is 4.74. The maximum absolute atomic E-state index is 2.50. The summed E-state index contributed by atoms with van der Waals surface area (Å²) in [7, 11) is 0. The third-order valence-electron chi connectivity index (χ3n) is 10.4. The van der Waals surface area contributed by atoms with Gasteiger partial charge in [-0.15, -0.1) is 0 Å². The summed E-state index contributed by atoms with van der Waals surface area (Å²) in [5.41, 5.74) is 16.0. The summed E-state index contributed by atoms with van der Waals surface area (Å²) in [4.78, 5) is 2.50. The van der Waals surface area contributed by atoms with Crippen LogP contribution in [0.2, 0.25) is 0 Å². The molecule has 0 aromatic heterocycles. The topological polar surface area (TPSA) is 3.24 Å². The molecule has 9 rings (SSSR count). The van der Waals surface area contributed by atoms with E-state index in [-0.39, 0.29) is 5.41 Å². The molecule has 1 aliphatic carbocycles. The summed E-state index contributed by atoms with van der Waals surface area (Å²) in [6, 6.07) is 68.6. The van der Waals surface area contributed by atoms with Gasteiger partial charge < -0.3 is 4.90 Å². The first-order valence-corrected chi connectivity index (χ1v) is 17.4. The number of hydrogen-bond acceptors (Lipinski definition) is 1. The molecule has 0 N–H and O–H groups in total. The monoisotopic (exact) mass is 639 g/mol. The highest BCUT2D eigenvalue weighted by atomic mass is 15.1. The van der Waals surface area contributed by atoms with Gasteiger partial charge in [0.05, 0.1) is 5.69 Å². The number of fused-ring (bicyclic) bond motifs is 4. The summed E-state index contributed by atoms with van der Waals surface area (Å²) >= 11 is 0. The molecule has 1 aliphatic rings. The second-order valence-corrected chi connectivity index (χ2v) is 13.7. The van der Waals surface area contributed by atoms with Crippen LogP contribution in [0.25, 0.3) is 55.3 Å². The molecule has 50 heavy (non-hydrogen) atoms. The molecule has 8 aromatic rings. The largest absolute Gasteiger partial charge is 0.309 e. The van der Waals surface area contributed by atoms with Crippen molar-refractivity contribution in [3.63, 3.8) is 0 Å². The Morgan fingerprint density at radius 2 is 0.940 bits per heavy atom. The fourth-order valence-electron chi connectivity index (χ4n) is 7.98. The fourth-order valence-corrected chi connectivity index (χ4v) is 7.98. The molecule has 0 saturated heterocycles. The summed E-state index contributed by atoms with van der Waals surface area (Å²) in [5, 5.41) is 2.49. The number of nitrogens with zero attached hydrogens (tertiary/aromatic N) is 1. The average molecular weight is 640 g/mol. The van der Waals surface area contributed by atoms with Gasteiger partial charge in [-0.3, -0.25) is 0 Å². The van der Waals surface area contributed by atoms with Crippen LogP contribution in [0.5, 0.6) is 0 Å². The molecule has 1 nitrogen and oxygen atoms in total. The van der Waals surface area contributed by atoms with E-state index in [0.717, 1.165) is 11.4 Å². The second kappa shape index (κ2) is 12.1. The first-order chi connectivity index (χ1) is 24.6. The SMILES string of the molecule is CC1(C)c2ccccc2-c2c1cc1ccccc1c2N(c1ccc(-c2ccccc2)cc1)c1cccc(-c2ccccc2-c2ccccc2)c1. The molecule has 1 heteroatoms. The van der Waals surface area contributed by atoms with E-state index in [2.05, 4.69) is 207 Å². The summed E-state index contributed by atoms with van der Waals surface area (Å²) < 4.78 is 0. The highest BCUT2D eigenvalue weighted by Gasteiger charge is 2.39. The quantitative estimate of drug-likeness (QED) is 0.175. The zero-order chi connectivity index (χ0) is 33.7. The molecule has 0 aliphatic heterocycles. The Hall–Kier alpha value is -6.18. The molecule has 0 unspecified atom stereocenters. The van der Waals surface area contributed by atoms with Gasteiger partial charge >= 0.3 is 0 Å². The van der Waals surface area contributed by atoms with Crippen LogP contribution in [-0.2, 0) is 5.41 Å². The number of benzene rings is 8. The second-order valence-electron chi connectivity index (χ2n) is 13.7. The van der Waals surface area contributed by atoms with Crippen LogP contribution in [0.3, 0.4) is 0 Å². The van der Waals surface area contributed by atoms with Crippen molar-refractivity contribution >= 4 is 27.8 Å². The normalized spacial score (nSPS) is 12.8. The molecule has 0 fully saturated rings. The van der Waals surface area contributed by atoms with Gasteiger partial charge in [-0.25, -0.2) is 0 Å². The van der Waals surface area contributed by atoms with Crippen LogP contribution in [0, 0.1) is 0 Å². The van der Waals surface area contributed by atoms with Gasteiger partial charge in [-0.2, -0.15) is 0 Å².